The van der Waals surface area contributed by atoms with Gasteiger partial charge >= 0.3 is 6.18 Å². The van der Waals surface area contributed by atoms with Crippen LogP contribution in [0.5, 0.6) is 5.75 Å². The van der Waals surface area contributed by atoms with Crippen molar-refractivity contribution in [3.63, 3.8) is 0 Å². The molecule has 230 valence electrons. The lowest BCUT2D eigenvalue weighted by Gasteiger charge is -2.19. The number of aliphatic hydroxyl groups is 3. The van der Waals surface area contributed by atoms with Crippen LogP contribution in [0, 0.1) is 22.0 Å². The molecule has 41 heavy (non-hydrogen) atoms. The van der Waals surface area contributed by atoms with Gasteiger partial charge in [0.05, 0.1) is 31.0 Å². The molecule has 1 amide bonds. The molecule has 14 heteroatoms. The van der Waals surface area contributed by atoms with Crippen molar-refractivity contribution in [2.75, 3.05) is 33.0 Å². The second kappa shape index (κ2) is 17.6. The molecule has 4 N–H and O–H groups in total. The summed E-state index contributed by atoms with van der Waals surface area (Å²) in [5.41, 5.74) is -0.857. The van der Waals surface area contributed by atoms with Crippen LogP contribution in [0.2, 0.25) is 0 Å². The molecule has 0 heterocycles. The van der Waals surface area contributed by atoms with Crippen LogP contribution in [0.25, 0.3) is 0 Å². The van der Waals surface area contributed by atoms with E-state index in [9.17, 15) is 43.4 Å². The van der Waals surface area contributed by atoms with Crippen molar-refractivity contribution in [1.29, 1.82) is 0 Å². The molecule has 1 saturated carbocycles. The van der Waals surface area contributed by atoms with Gasteiger partial charge < -0.3 is 34.9 Å². The third-order valence-corrected chi connectivity index (χ3v) is 6.40. The van der Waals surface area contributed by atoms with E-state index in [0.717, 1.165) is 12.1 Å². The Hall–Kier alpha value is -3.20. The van der Waals surface area contributed by atoms with E-state index in [1.807, 2.05) is 12.2 Å². The molecule has 1 aromatic rings. The summed E-state index contributed by atoms with van der Waals surface area (Å²) in [6.07, 6.45) is 1.72. The van der Waals surface area contributed by atoms with Gasteiger partial charge in [-0.05, 0) is 43.4 Å². The topological polar surface area (TPSA) is 161 Å². The van der Waals surface area contributed by atoms with E-state index in [4.69, 9.17) is 9.47 Å². The van der Waals surface area contributed by atoms with Crippen molar-refractivity contribution >= 4 is 5.91 Å². The summed E-state index contributed by atoms with van der Waals surface area (Å²) in [5.74, 6) is -0.917. The molecule has 0 spiro atoms. The molecule has 0 saturated heterocycles. The summed E-state index contributed by atoms with van der Waals surface area (Å²) >= 11 is 0. The highest BCUT2D eigenvalue weighted by molar-refractivity contribution is 5.75. The number of nitrogens with one attached hydrogen (secondary N) is 1. The predicted molar refractivity (Wildman–Crippen MR) is 140 cm³/mol. The number of aliphatic hydroxyl groups excluding tert-OH is 3. The number of carbonyl (C=O) groups excluding carboxylic acids is 1. The van der Waals surface area contributed by atoms with Crippen molar-refractivity contribution in [3.8, 4) is 5.75 Å². The molecule has 2 rings (SSSR count). The lowest BCUT2D eigenvalue weighted by molar-refractivity contribution is -0.758. The van der Waals surface area contributed by atoms with E-state index in [2.05, 4.69) is 10.2 Å². The Morgan fingerprint density at radius 2 is 1.98 bits per heavy atom. The van der Waals surface area contributed by atoms with Crippen molar-refractivity contribution in [2.24, 2.45) is 11.8 Å². The Balaban J connectivity index is 1.68. The zero-order chi connectivity index (χ0) is 30.3. The van der Waals surface area contributed by atoms with Crippen molar-refractivity contribution in [1.82, 2.24) is 5.32 Å². The summed E-state index contributed by atoms with van der Waals surface area (Å²) in [4.78, 5) is 25.9. The average molecular weight is 591 g/mol. The van der Waals surface area contributed by atoms with Gasteiger partial charge in [-0.15, -0.1) is 10.1 Å². The van der Waals surface area contributed by atoms with Crippen LogP contribution in [0.3, 0.4) is 0 Å². The number of rotatable bonds is 18. The molecular weight excluding hydrogens is 553 g/mol. The summed E-state index contributed by atoms with van der Waals surface area (Å²) in [6.45, 7) is 0.0643. The number of alkyl halides is 3. The van der Waals surface area contributed by atoms with E-state index >= 15 is 0 Å². The first-order valence-electron chi connectivity index (χ1n) is 13.3. The van der Waals surface area contributed by atoms with Gasteiger partial charge in [0.25, 0.3) is 5.09 Å². The van der Waals surface area contributed by atoms with Crippen LogP contribution < -0.4 is 10.1 Å². The van der Waals surface area contributed by atoms with E-state index in [-0.39, 0.29) is 57.0 Å². The summed E-state index contributed by atoms with van der Waals surface area (Å²) in [7, 11) is 0. The number of ether oxygens (including phenoxy) is 2. The Kier molecular flexibility index (Phi) is 14.6. The highest BCUT2D eigenvalue weighted by Crippen LogP contribution is 2.36. The second-order valence-corrected chi connectivity index (χ2v) is 9.52. The highest BCUT2D eigenvalue weighted by Gasteiger charge is 2.39. The standard InChI is InChI=1S/C27H37F3N2O9/c28-27(29,30)19-6-5-7-21(16-19)40-18-20(33)10-11-23-22(24(34)17-25(23)35)8-3-1-2-4-9-26(36)31-12-13-39-14-15-41-32(37)38/h1,3,5-7,10-11,16,20,22-25,33-35H,2,4,8-9,12-15,17-18H2,(H,31,36)/b3-1-,11-10+/t20-,22-,23-,24+,25-/m1/s1. The van der Waals surface area contributed by atoms with Crippen LogP contribution in [0.15, 0.2) is 48.6 Å². The second-order valence-electron chi connectivity index (χ2n) is 9.52. The Morgan fingerprint density at radius 3 is 2.71 bits per heavy atom. The number of halogens is 3. The molecule has 0 unspecified atom stereocenters. The van der Waals surface area contributed by atoms with Gasteiger partial charge in [-0.25, -0.2) is 0 Å². The third-order valence-electron chi connectivity index (χ3n) is 6.40. The summed E-state index contributed by atoms with van der Waals surface area (Å²) in [6, 6.07) is 4.34. The van der Waals surface area contributed by atoms with E-state index < -0.39 is 41.1 Å². The van der Waals surface area contributed by atoms with Crippen LogP contribution in [0.1, 0.15) is 37.7 Å². The minimum Gasteiger partial charge on any atom is -0.491 e. The summed E-state index contributed by atoms with van der Waals surface area (Å²) in [5, 5.41) is 42.7. The molecule has 1 aliphatic carbocycles. The van der Waals surface area contributed by atoms with Gasteiger partial charge in [0.15, 0.2) is 0 Å². The number of hydrogen-bond acceptors (Lipinski definition) is 9. The van der Waals surface area contributed by atoms with Crippen molar-refractivity contribution < 1.29 is 52.7 Å². The Morgan fingerprint density at radius 1 is 1.20 bits per heavy atom. The SMILES string of the molecule is O=C(CCC/C=C\C[C@@H]1[C@@H](/C=C/[C@@H](O)COc2cccc(C(F)(F)F)c2)[C@H](O)C[C@@H]1O)NCCOCCO[N+](=O)[O-]. The first kappa shape index (κ1) is 34.0. The molecular formula is C27H37F3N2O9. The van der Waals surface area contributed by atoms with Crippen LogP contribution in [0.4, 0.5) is 13.2 Å². The van der Waals surface area contributed by atoms with Crippen molar-refractivity contribution in [2.45, 2.75) is 56.6 Å². The molecule has 1 fully saturated rings. The van der Waals surface area contributed by atoms with Gasteiger partial charge in [-0.3, -0.25) is 4.79 Å². The number of hydrogen-bond donors (Lipinski definition) is 4. The minimum absolute atomic E-state index is 0.0314. The Bertz CT molecular complexity index is 1010. The lowest BCUT2D eigenvalue weighted by atomic mass is 9.89. The van der Waals surface area contributed by atoms with Crippen LogP contribution in [-0.2, 0) is 20.5 Å². The fourth-order valence-electron chi connectivity index (χ4n) is 4.34. The lowest BCUT2D eigenvalue weighted by Crippen LogP contribution is -2.27. The minimum atomic E-state index is -4.51. The first-order chi connectivity index (χ1) is 19.5. The maximum Gasteiger partial charge on any atom is 0.416 e. The van der Waals surface area contributed by atoms with Crippen LogP contribution >= 0.6 is 0 Å². The van der Waals surface area contributed by atoms with Crippen molar-refractivity contribution in [3.05, 3.63) is 64.2 Å². The molecule has 5 atom stereocenters. The summed E-state index contributed by atoms with van der Waals surface area (Å²) < 4.78 is 48.9. The normalized spacial score (nSPS) is 21.8. The maximum absolute atomic E-state index is 12.8. The van der Waals surface area contributed by atoms with Crippen LogP contribution in [-0.4, -0.2) is 77.6 Å². The molecule has 1 aromatic carbocycles. The molecule has 11 nitrogen and oxygen atoms in total. The quantitative estimate of drug-likeness (QED) is 0.0872. The van der Waals surface area contributed by atoms with Gasteiger partial charge in [-0.1, -0.05) is 30.4 Å². The van der Waals surface area contributed by atoms with Gasteiger partial charge in [0.2, 0.25) is 5.91 Å². The van der Waals surface area contributed by atoms with E-state index in [0.29, 0.717) is 25.7 Å². The molecule has 0 aliphatic heterocycles. The number of amides is 1. The molecule has 1 aliphatic rings. The molecule has 0 radical (unpaired) electrons. The largest absolute Gasteiger partial charge is 0.491 e. The zero-order valence-corrected chi connectivity index (χ0v) is 22.4. The fourth-order valence-corrected chi connectivity index (χ4v) is 4.34. The first-order valence-corrected chi connectivity index (χ1v) is 13.3. The van der Waals surface area contributed by atoms with E-state index in [1.54, 1.807) is 6.08 Å². The average Bonchev–Trinajstić information content (AvgIpc) is 3.18. The smallest absolute Gasteiger partial charge is 0.416 e. The monoisotopic (exact) mass is 590 g/mol. The number of allylic oxidation sites excluding steroid dienone is 2. The van der Waals surface area contributed by atoms with Gasteiger partial charge in [0.1, 0.15) is 25.1 Å². The Labute approximate surface area is 235 Å². The number of benzene rings is 1. The van der Waals surface area contributed by atoms with E-state index in [1.165, 1.54) is 18.2 Å². The predicted octanol–water partition coefficient (Wildman–Crippen LogP) is 2.82. The number of carbonyl (C=O) groups is 1. The van der Waals surface area contributed by atoms with Gasteiger partial charge in [-0.2, -0.15) is 13.2 Å². The molecule has 0 bridgehead atoms. The molecule has 0 aromatic heterocycles. The fraction of sp³-hybridized carbons (Fsp3) is 0.593. The third kappa shape index (κ3) is 13.3. The zero-order valence-electron chi connectivity index (χ0n) is 22.4. The number of unbranched alkanes of at least 4 members (excludes halogenated alkanes) is 1. The number of nitrogens with zero attached hydrogens (tertiary/aromatic N) is 1. The maximum atomic E-state index is 12.8. The highest BCUT2D eigenvalue weighted by atomic mass is 19.4. The van der Waals surface area contributed by atoms with Gasteiger partial charge in [0, 0.05) is 25.3 Å².